The molecule has 0 amide bonds. The predicted octanol–water partition coefficient (Wildman–Crippen LogP) is 2.39. The van der Waals surface area contributed by atoms with E-state index in [-0.39, 0.29) is 0 Å². The van der Waals surface area contributed by atoms with Crippen LogP contribution in [0.3, 0.4) is 0 Å². The maximum absolute atomic E-state index is 11.3. The van der Waals surface area contributed by atoms with Crippen molar-refractivity contribution in [1.82, 2.24) is 0 Å². The lowest BCUT2D eigenvalue weighted by Crippen LogP contribution is -2.26. The van der Waals surface area contributed by atoms with Crippen LogP contribution in [0, 0.1) is 5.92 Å². The van der Waals surface area contributed by atoms with E-state index >= 15 is 0 Å². The van der Waals surface area contributed by atoms with E-state index in [0.717, 1.165) is 12.8 Å². The molecule has 0 bridgehead atoms. The zero-order valence-corrected chi connectivity index (χ0v) is 6.31. The second-order valence-electron chi connectivity index (χ2n) is 3.58. The van der Waals surface area contributed by atoms with Crippen LogP contribution in [-0.4, -0.2) is 5.60 Å². The van der Waals surface area contributed by atoms with Crippen molar-refractivity contribution in [1.29, 1.82) is 0 Å². The lowest BCUT2D eigenvalue weighted by Gasteiger charge is -2.21. The van der Waals surface area contributed by atoms with Crippen molar-refractivity contribution in [3.05, 3.63) is 0 Å². The second-order valence-corrected chi connectivity index (χ2v) is 3.58. The predicted molar refractivity (Wildman–Crippen MR) is 36.7 cm³/mol. The average molecular weight is 127 g/mol. The highest BCUT2D eigenvalue weighted by molar-refractivity contribution is 4.80. The van der Waals surface area contributed by atoms with Crippen LogP contribution in [0.4, 0.5) is 0 Å². The van der Waals surface area contributed by atoms with Crippen LogP contribution < -0.4 is 0 Å². The minimum Gasteiger partial charge on any atom is -0.230 e. The molecule has 0 aromatic carbocycles. The van der Waals surface area contributed by atoms with Crippen molar-refractivity contribution in [3.8, 4) is 0 Å². The van der Waals surface area contributed by atoms with Crippen LogP contribution in [0.1, 0.15) is 39.5 Å². The first-order valence-corrected chi connectivity index (χ1v) is 3.81. The smallest absolute Gasteiger partial charge is 0.101 e. The van der Waals surface area contributed by atoms with Crippen molar-refractivity contribution >= 4 is 0 Å². The zero-order valence-electron chi connectivity index (χ0n) is 6.31. The summed E-state index contributed by atoms with van der Waals surface area (Å²) in [6.07, 6.45) is 4.87. The molecule has 1 fully saturated rings. The molecule has 0 saturated heterocycles. The minimum atomic E-state index is -0.670. The fraction of sp³-hybridized carbons (Fsp3) is 1.00. The molecule has 0 heterocycles. The first-order valence-electron chi connectivity index (χ1n) is 3.81. The molecule has 1 nitrogen and oxygen atoms in total. The molecule has 0 N–H and O–H groups in total. The quantitative estimate of drug-likeness (QED) is 0.515. The maximum atomic E-state index is 11.3. The van der Waals surface area contributed by atoms with Gasteiger partial charge < -0.3 is 0 Å². The highest BCUT2D eigenvalue weighted by atomic mass is 16.3. The monoisotopic (exact) mass is 127 g/mol. The Bertz CT molecular complexity index is 85.2. The summed E-state index contributed by atoms with van der Waals surface area (Å²) in [4.78, 5) is 0. The van der Waals surface area contributed by atoms with Gasteiger partial charge in [-0.3, -0.25) is 0 Å². The molecule has 0 aliphatic heterocycles. The fourth-order valence-corrected chi connectivity index (χ4v) is 1.62. The van der Waals surface area contributed by atoms with E-state index in [9.17, 15) is 5.11 Å². The summed E-state index contributed by atoms with van der Waals surface area (Å²) in [5, 5.41) is 11.3. The molecule has 1 saturated carbocycles. The van der Waals surface area contributed by atoms with Gasteiger partial charge in [0.2, 0.25) is 0 Å². The topological polar surface area (TPSA) is 19.9 Å². The van der Waals surface area contributed by atoms with Crippen LogP contribution in [-0.2, 0) is 5.11 Å². The average Bonchev–Trinajstić information content (AvgIpc) is 2.08. The third kappa shape index (κ3) is 1.68. The van der Waals surface area contributed by atoms with E-state index in [0.29, 0.717) is 5.92 Å². The fourth-order valence-electron chi connectivity index (χ4n) is 1.62. The van der Waals surface area contributed by atoms with Gasteiger partial charge in [0.15, 0.2) is 0 Å². The molecule has 0 atom stereocenters. The molecule has 1 rings (SSSR count). The van der Waals surface area contributed by atoms with Crippen LogP contribution in [0.15, 0.2) is 0 Å². The van der Waals surface area contributed by atoms with E-state index < -0.39 is 5.60 Å². The Kier molecular flexibility index (Phi) is 1.80. The van der Waals surface area contributed by atoms with Gasteiger partial charge in [-0.2, -0.15) is 0 Å². The van der Waals surface area contributed by atoms with E-state index in [1.54, 1.807) is 0 Å². The molecule has 0 aromatic rings. The molecule has 0 unspecified atom stereocenters. The lowest BCUT2D eigenvalue weighted by atomic mass is 9.90. The Morgan fingerprint density at radius 1 is 1.22 bits per heavy atom. The maximum Gasteiger partial charge on any atom is 0.101 e. The summed E-state index contributed by atoms with van der Waals surface area (Å²) in [6.45, 7) is 3.62. The van der Waals surface area contributed by atoms with Gasteiger partial charge >= 0.3 is 0 Å². The largest absolute Gasteiger partial charge is 0.230 e. The molecule has 53 valence electrons. The van der Waals surface area contributed by atoms with Gasteiger partial charge in [0.25, 0.3) is 0 Å². The van der Waals surface area contributed by atoms with Crippen molar-refractivity contribution in [3.63, 3.8) is 0 Å². The molecule has 1 radical (unpaired) electrons. The van der Waals surface area contributed by atoms with E-state index in [2.05, 4.69) is 0 Å². The summed E-state index contributed by atoms with van der Waals surface area (Å²) in [7, 11) is 0. The normalized spacial score (nSPS) is 23.0. The van der Waals surface area contributed by atoms with Gasteiger partial charge in [-0.1, -0.05) is 12.8 Å². The van der Waals surface area contributed by atoms with Crippen LogP contribution in [0.2, 0.25) is 0 Å². The summed E-state index contributed by atoms with van der Waals surface area (Å²) in [6, 6.07) is 0. The minimum absolute atomic E-state index is 0.456. The Morgan fingerprint density at radius 3 is 1.89 bits per heavy atom. The Labute approximate surface area is 57.1 Å². The van der Waals surface area contributed by atoms with Gasteiger partial charge in [-0.25, -0.2) is 5.11 Å². The van der Waals surface area contributed by atoms with Crippen molar-refractivity contribution < 1.29 is 5.11 Å². The van der Waals surface area contributed by atoms with Crippen LogP contribution in [0.5, 0.6) is 0 Å². The number of hydrogen-bond donors (Lipinski definition) is 0. The highest BCUT2D eigenvalue weighted by Crippen LogP contribution is 2.33. The van der Waals surface area contributed by atoms with E-state index in [1.807, 2.05) is 13.8 Å². The summed E-state index contributed by atoms with van der Waals surface area (Å²) < 4.78 is 0. The highest BCUT2D eigenvalue weighted by Gasteiger charge is 2.30. The summed E-state index contributed by atoms with van der Waals surface area (Å²) >= 11 is 0. The lowest BCUT2D eigenvalue weighted by molar-refractivity contribution is -0.0445. The Morgan fingerprint density at radius 2 is 1.67 bits per heavy atom. The standard InChI is InChI=1S/C8H15O/c1-8(2,9)7-5-3-4-6-7/h7H,3-6H2,1-2H3. The summed E-state index contributed by atoms with van der Waals surface area (Å²) in [5.74, 6) is 0.456. The molecular formula is C8H15O. The SMILES string of the molecule is CC(C)([O])C1CCCC1. The first kappa shape index (κ1) is 7.07. The van der Waals surface area contributed by atoms with Gasteiger partial charge in [-0.05, 0) is 32.6 Å². The van der Waals surface area contributed by atoms with Gasteiger partial charge in [-0.15, -0.1) is 0 Å². The first-order chi connectivity index (χ1) is 4.11. The Hall–Kier alpha value is -0.0400. The molecule has 1 aliphatic rings. The van der Waals surface area contributed by atoms with E-state index in [4.69, 9.17) is 0 Å². The third-order valence-electron chi connectivity index (χ3n) is 2.34. The van der Waals surface area contributed by atoms with Crippen molar-refractivity contribution in [2.24, 2.45) is 5.92 Å². The molecule has 9 heavy (non-hydrogen) atoms. The van der Waals surface area contributed by atoms with E-state index in [1.165, 1.54) is 12.8 Å². The Balaban J connectivity index is 2.42. The van der Waals surface area contributed by atoms with Crippen molar-refractivity contribution in [2.45, 2.75) is 45.1 Å². The van der Waals surface area contributed by atoms with Gasteiger partial charge in [0.1, 0.15) is 5.60 Å². The van der Waals surface area contributed by atoms with Crippen LogP contribution in [0.25, 0.3) is 0 Å². The third-order valence-corrected chi connectivity index (χ3v) is 2.34. The number of rotatable bonds is 1. The second kappa shape index (κ2) is 2.30. The molecule has 0 aromatic heterocycles. The molecule has 0 spiro atoms. The zero-order chi connectivity index (χ0) is 6.91. The molecule has 1 heteroatoms. The van der Waals surface area contributed by atoms with Gasteiger partial charge in [0.05, 0.1) is 0 Å². The number of hydrogen-bond acceptors (Lipinski definition) is 0. The van der Waals surface area contributed by atoms with Gasteiger partial charge in [0, 0.05) is 0 Å². The summed E-state index contributed by atoms with van der Waals surface area (Å²) in [5.41, 5.74) is -0.670. The van der Waals surface area contributed by atoms with Crippen LogP contribution >= 0.6 is 0 Å². The molecular weight excluding hydrogens is 112 g/mol. The molecule has 1 aliphatic carbocycles. The van der Waals surface area contributed by atoms with Crippen molar-refractivity contribution in [2.75, 3.05) is 0 Å².